The zero-order valence-corrected chi connectivity index (χ0v) is 15.8. The molecule has 0 atom stereocenters. The number of hydrogen-bond donors (Lipinski definition) is 0. The molecule has 5 rings (SSSR count). The Morgan fingerprint density at radius 3 is 2.79 bits per heavy atom. The quantitative estimate of drug-likeness (QED) is 0.319. The van der Waals surface area contributed by atoms with E-state index in [1.807, 2.05) is 54.1 Å². The lowest BCUT2D eigenvalue weighted by molar-refractivity contribution is 0.500. The molecule has 0 spiro atoms. The molecule has 0 amide bonds. The Labute approximate surface area is 164 Å². The lowest BCUT2D eigenvalue weighted by atomic mass is 10.3. The van der Waals surface area contributed by atoms with Crippen molar-refractivity contribution in [2.24, 2.45) is 0 Å². The van der Waals surface area contributed by atoms with E-state index in [0.717, 1.165) is 33.2 Å². The first-order valence-corrected chi connectivity index (χ1v) is 9.65. The van der Waals surface area contributed by atoms with E-state index in [9.17, 15) is 0 Å². The Hall–Kier alpha value is -3.39. The van der Waals surface area contributed by atoms with Crippen LogP contribution in [0.5, 0.6) is 0 Å². The number of oxazole rings is 1. The maximum atomic E-state index is 5.73. The molecule has 0 saturated carbocycles. The molecular weight excluding hydrogens is 374 g/mol. The second-order valence-electron chi connectivity index (χ2n) is 6.10. The summed E-state index contributed by atoms with van der Waals surface area (Å²) < 4.78 is 12.9. The van der Waals surface area contributed by atoms with E-state index in [1.165, 1.54) is 0 Å². The maximum absolute atomic E-state index is 5.73. The van der Waals surface area contributed by atoms with Gasteiger partial charge < -0.3 is 8.83 Å². The van der Waals surface area contributed by atoms with Gasteiger partial charge in [-0.25, -0.2) is 19.6 Å². The molecule has 0 aliphatic rings. The summed E-state index contributed by atoms with van der Waals surface area (Å²) in [6.45, 7) is 1.90. The molecule has 138 valence electrons. The summed E-state index contributed by atoms with van der Waals surface area (Å²) in [5, 5.41) is 6.25. The lowest BCUT2D eigenvalue weighted by Gasteiger charge is -2.03. The highest BCUT2D eigenvalue weighted by Crippen LogP contribution is 2.30. The molecule has 7 nitrogen and oxygen atoms in total. The number of para-hydroxylation sites is 1. The minimum absolute atomic E-state index is 0.489. The number of fused-ring (bicyclic) bond motifs is 1. The molecule has 4 heterocycles. The average molecular weight is 389 g/mol. The van der Waals surface area contributed by atoms with Gasteiger partial charge >= 0.3 is 0 Å². The van der Waals surface area contributed by atoms with Gasteiger partial charge in [-0.05, 0) is 31.2 Å². The Morgan fingerprint density at radius 2 is 1.96 bits per heavy atom. The third-order valence-electron chi connectivity index (χ3n) is 4.30. The van der Waals surface area contributed by atoms with Crippen LogP contribution in [0.3, 0.4) is 0 Å². The topological polar surface area (TPSA) is 82.8 Å². The zero-order valence-electron chi connectivity index (χ0n) is 14.9. The first-order valence-electron chi connectivity index (χ1n) is 8.67. The third kappa shape index (κ3) is 2.97. The van der Waals surface area contributed by atoms with E-state index >= 15 is 0 Å². The van der Waals surface area contributed by atoms with Crippen LogP contribution in [0.25, 0.3) is 28.4 Å². The summed E-state index contributed by atoms with van der Waals surface area (Å²) in [7, 11) is 0. The van der Waals surface area contributed by atoms with Crippen LogP contribution in [-0.2, 0) is 5.75 Å². The van der Waals surface area contributed by atoms with Gasteiger partial charge in [0.2, 0.25) is 0 Å². The Balaban J connectivity index is 1.43. The standard InChI is InChI=1S/C20H15N5O2S/c1-13-16(24-19(27-13)17-8-5-9-26-17)11-28-20-15-10-23-25(18(15)21-12-22-20)14-6-3-2-4-7-14/h2-10,12H,11H2,1H3. The number of hydrogen-bond acceptors (Lipinski definition) is 7. The van der Waals surface area contributed by atoms with E-state index in [2.05, 4.69) is 20.1 Å². The Kier molecular flexibility index (Phi) is 4.17. The van der Waals surface area contributed by atoms with Gasteiger partial charge in [0.05, 0.1) is 29.2 Å². The maximum Gasteiger partial charge on any atom is 0.263 e. The average Bonchev–Trinajstić information content (AvgIpc) is 3.47. The number of nitrogens with zero attached hydrogens (tertiary/aromatic N) is 5. The molecule has 0 saturated heterocycles. The summed E-state index contributed by atoms with van der Waals surface area (Å²) in [5.41, 5.74) is 2.60. The normalized spacial score (nSPS) is 11.3. The van der Waals surface area contributed by atoms with Gasteiger partial charge in [-0.3, -0.25) is 0 Å². The Morgan fingerprint density at radius 1 is 1.07 bits per heavy atom. The van der Waals surface area contributed by atoms with Crippen LogP contribution < -0.4 is 0 Å². The van der Waals surface area contributed by atoms with Crippen LogP contribution in [0.1, 0.15) is 11.5 Å². The number of benzene rings is 1. The van der Waals surface area contributed by atoms with Crippen molar-refractivity contribution in [3.63, 3.8) is 0 Å². The van der Waals surface area contributed by atoms with Crippen LogP contribution in [0.2, 0.25) is 0 Å². The first kappa shape index (κ1) is 16.8. The van der Waals surface area contributed by atoms with Crippen molar-refractivity contribution in [2.75, 3.05) is 0 Å². The highest BCUT2D eigenvalue weighted by atomic mass is 32.2. The van der Waals surface area contributed by atoms with Crippen LogP contribution in [0.15, 0.2) is 75.1 Å². The van der Waals surface area contributed by atoms with Crippen LogP contribution in [0, 0.1) is 6.92 Å². The number of thioether (sulfide) groups is 1. The van der Waals surface area contributed by atoms with Crippen molar-refractivity contribution in [3.8, 4) is 17.3 Å². The molecule has 0 unspecified atom stereocenters. The van der Waals surface area contributed by atoms with Crippen molar-refractivity contribution < 1.29 is 8.83 Å². The molecule has 0 aliphatic carbocycles. The zero-order chi connectivity index (χ0) is 18.9. The fraction of sp³-hybridized carbons (Fsp3) is 0.100. The van der Waals surface area contributed by atoms with Gasteiger partial charge in [0.25, 0.3) is 5.89 Å². The minimum atomic E-state index is 0.489. The van der Waals surface area contributed by atoms with Gasteiger partial charge in [-0.15, -0.1) is 0 Å². The molecule has 4 aromatic heterocycles. The number of aryl methyl sites for hydroxylation is 1. The molecule has 0 N–H and O–H groups in total. The van der Waals surface area contributed by atoms with Crippen LogP contribution in [-0.4, -0.2) is 24.7 Å². The lowest BCUT2D eigenvalue weighted by Crippen LogP contribution is -1.97. The molecule has 1 aromatic carbocycles. The molecule has 0 aliphatic heterocycles. The monoisotopic (exact) mass is 389 g/mol. The van der Waals surface area contributed by atoms with Gasteiger partial charge in [0.15, 0.2) is 11.4 Å². The van der Waals surface area contributed by atoms with Crippen molar-refractivity contribution in [3.05, 3.63) is 72.7 Å². The molecule has 5 aromatic rings. The van der Waals surface area contributed by atoms with Gasteiger partial charge in [0, 0.05) is 5.75 Å². The van der Waals surface area contributed by atoms with Gasteiger partial charge in [-0.1, -0.05) is 30.0 Å². The first-order chi connectivity index (χ1) is 13.8. The summed E-state index contributed by atoms with van der Waals surface area (Å²) in [6, 6.07) is 13.6. The van der Waals surface area contributed by atoms with Gasteiger partial charge in [0.1, 0.15) is 17.1 Å². The highest BCUT2D eigenvalue weighted by Gasteiger charge is 2.16. The Bertz CT molecular complexity index is 1230. The van der Waals surface area contributed by atoms with Crippen molar-refractivity contribution >= 4 is 22.8 Å². The van der Waals surface area contributed by atoms with E-state index < -0.39 is 0 Å². The fourth-order valence-corrected chi connectivity index (χ4v) is 3.86. The summed E-state index contributed by atoms with van der Waals surface area (Å²) in [6.07, 6.45) is 4.97. The van der Waals surface area contributed by atoms with Crippen molar-refractivity contribution in [2.45, 2.75) is 17.7 Å². The number of furan rings is 1. The predicted molar refractivity (Wildman–Crippen MR) is 105 cm³/mol. The smallest absolute Gasteiger partial charge is 0.263 e. The van der Waals surface area contributed by atoms with Crippen LogP contribution in [0.4, 0.5) is 0 Å². The molecular formula is C20H15N5O2S. The third-order valence-corrected chi connectivity index (χ3v) is 5.32. The second-order valence-corrected chi connectivity index (χ2v) is 7.06. The molecule has 0 fully saturated rings. The second kappa shape index (κ2) is 6.97. The van der Waals surface area contributed by atoms with E-state index in [-0.39, 0.29) is 0 Å². The highest BCUT2D eigenvalue weighted by molar-refractivity contribution is 7.98. The largest absolute Gasteiger partial charge is 0.459 e. The van der Waals surface area contributed by atoms with E-state index in [0.29, 0.717) is 17.4 Å². The minimum Gasteiger partial charge on any atom is -0.459 e. The number of aromatic nitrogens is 5. The van der Waals surface area contributed by atoms with Crippen molar-refractivity contribution in [1.82, 2.24) is 24.7 Å². The number of rotatable bonds is 5. The summed E-state index contributed by atoms with van der Waals surface area (Å²) in [5.74, 6) is 2.50. The van der Waals surface area contributed by atoms with Crippen molar-refractivity contribution in [1.29, 1.82) is 0 Å². The molecule has 0 radical (unpaired) electrons. The van der Waals surface area contributed by atoms with Crippen LogP contribution >= 0.6 is 11.8 Å². The van der Waals surface area contributed by atoms with E-state index in [4.69, 9.17) is 8.83 Å². The molecule has 0 bridgehead atoms. The summed E-state index contributed by atoms with van der Waals surface area (Å²) >= 11 is 1.58. The van der Waals surface area contributed by atoms with E-state index in [1.54, 1.807) is 30.5 Å². The van der Waals surface area contributed by atoms with Gasteiger partial charge in [-0.2, -0.15) is 5.10 Å². The predicted octanol–water partition coefficient (Wildman–Crippen LogP) is 4.66. The molecule has 8 heteroatoms. The molecule has 28 heavy (non-hydrogen) atoms. The summed E-state index contributed by atoms with van der Waals surface area (Å²) in [4.78, 5) is 13.4. The SMILES string of the molecule is Cc1oc(-c2ccco2)nc1CSc1ncnc2c1cnn2-c1ccccc1. The fourth-order valence-electron chi connectivity index (χ4n) is 2.90.